The van der Waals surface area contributed by atoms with Crippen LogP contribution in [-0.4, -0.2) is 37.1 Å². The SMILES string of the molecule is CCC(CC)N(CCC(C#N)NC)CC(C)C. The van der Waals surface area contributed by atoms with E-state index in [1.807, 2.05) is 7.05 Å². The summed E-state index contributed by atoms with van der Waals surface area (Å²) >= 11 is 0. The highest BCUT2D eigenvalue weighted by molar-refractivity contribution is 4.89. The van der Waals surface area contributed by atoms with E-state index in [1.54, 1.807) is 0 Å². The summed E-state index contributed by atoms with van der Waals surface area (Å²) in [7, 11) is 1.86. The molecule has 17 heavy (non-hydrogen) atoms. The van der Waals surface area contributed by atoms with E-state index in [9.17, 15) is 0 Å². The fourth-order valence-electron chi connectivity index (χ4n) is 2.27. The largest absolute Gasteiger partial charge is 0.305 e. The molecule has 100 valence electrons. The van der Waals surface area contributed by atoms with Gasteiger partial charge in [0.05, 0.1) is 12.1 Å². The van der Waals surface area contributed by atoms with Gasteiger partial charge in [0.15, 0.2) is 0 Å². The monoisotopic (exact) mass is 239 g/mol. The van der Waals surface area contributed by atoms with Crippen molar-refractivity contribution in [1.82, 2.24) is 10.2 Å². The van der Waals surface area contributed by atoms with E-state index < -0.39 is 0 Å². The van der Waals surface area contributed by atoms with Gasteiger partial charge in [-0.3, -0.25) is 0 Å². The fraction of sp³-hybridized carbons (Fsp3) is 0.929. The second-order valence-corrected chi connectivity index (χ2v) is 5.12. The Morgan fingerprint density at radius 1 is 1.24 bits per heavy atom. The Bertz CT molecular complexity index is 216. The van der Waals surface area contributed by atoms with Crippen molar-refractivity contribution in [2.45, 2.75) is 59.0 Å². The number of nitriles is 1. The van der Waals surface area contributed by atoms with Gasteiger partial charge in [-0.15, -0.1) is 0 Å². The van der Waals surface area contributed by atoms with E-state index in [0.717, 1.165) is 19.5 Å². The topological polar surface area (TPSA) is 39.1 Å². The summed E-state index contributed by atoms with van der Waals surface area (Å²) in [4.78, 5) is 2.55. The van der Waals surface area contributed by atoms with Crippen molar-refractivity contribution in [3.05, 3.63) is 0 Å². The van der Waals surface area contributed by atoms with Crippen molar-refractivity contribution in [2.75, 3.05) is 20.1 Å². The van der Waals surface area contributed by atoms with Crippen LogP contribution >= 0.6 is 0 Å². The Morgan fingerprint density at radius 2 is 1.82 bits per heavy atom. The lowest BCUT2D eigenvalue weighted by molar-refractivity contribution is 0.161. The third-order valence-electron chi connectivity index (χ3n) is 3.27. The maximum atomic E-state index is 8.94. The van der Waals surface area contributed by atoms with Gasteiger partial charge in [-0.05, 0) is 32.2 Å². The molecule has 0 rings (SSSR count). The third kappa shape index (κ3) is 6.65. The van der Waals surface area contributed by atoms with Gasteiger partial charge in [-0.25, -0.2) is 0 Å². The average molecular weight is 239 g/mol. The van der Waals surface area contributed by atoms with E-state index in [2.05, 4.69) is 44.0 Å². The molecule has 0 saturated carbocycles. The van der Waals surface area contributed by atoms with Gasteiger partial charge in [0.1, 0.15) is 0 Å². The van der Waals surface area contributed by atoms with Gasteiger partial charge in [0.2, 0.25) is 0 Å². The second kappa shape index (κ2) is 9.44. The number of hydrogen-bond donors (Lipinski definition) is 1. The zero-order chi connectivity index (χ0) is 13.3. The number of rotatable bonds is 9. The van der Waals surface area contributed by atoms with Crippen molar-refractivity contribution in [2.24, 2.45) is 5.92 Å². The fourth-order valence-corrected chi connectivity index (χ4v) is 2.27. The van der Waals surface area contributed by atoms with E-state index in [0.29, 0.717) is 12.0 Å². The Kier molecular flexibility index (Phi) is 9.11. The molecule has 1 atom stereocenters. The van der Waals surface area contributed by atoms with Crippen LogP contribution in [-0.2, 0) is 0 Å². The van der Waals surface area contributed by atoms with Crippen LogP contribution in [0, 0.1) is 17.2 Å². The lowest BCUT2D eigenvalue weighted by atomic mass is 10.1. The first-order valence-electron chi connectivity index (χ1n) is 6.89. The molecule has 1 unspecified atom stereocenters. The molecule has 3 heteroatoms. The maximum absolute atomic E-state index is 8.94. The summed E-state index contributed by atoms with van der Waals surface area (Å²) in [5, 5.41) is 12.0. The Labute approximate surface area is 107 Å². The first kappa shape index (κ1) is 16.4. The Balaban J connectivity index is 4.33. The van der Waals surface area contributed by atoms with Crippen LogP contribution < -0.4 is 5.32 Å². The molecule has 0 aliphatic heterocycles. The first-order chi connectivity index (χ1) is 8.08. The molecule has 0 aromatic rings. The van der Waals surface area contributed by atoms with Crippen molar-refractivity contribution in [3.63, 3.8) is 0 Å². The molecule has 3 nitrogen and oxygen atoms in total. The summed E-state index contributed by atoms with van der Waals surface area (Å²) in [5.41, 5.74) is 0. The predicted molar refractivity (Wildman–Crippen MR) is 73.9 cm³/mol. The molecule has 0 fully saturated rings. The van der Waals surface area contributed by atoms with Crippen LogP contribution in [0.1, 0.15) is 47.0 Å². The van der Waals surface area contributed by atoms with E-state index in [-0.39, 0.29) is 6.04 Å². The molecule has 1 N–H and O–H groups in total. The van der Waals surface area contributed by atoms with Crippen LogP contribution in [0.15, 0.2) is 0 Å². The molecule has 0 aliphatic carbocycles. The first-order valence-corrected chi connectivity index (χ1v) is 6.89. The number of hydrogen-bond acceptors (Lipinski definition) is 3. The van der Waals surface area contributed by atoms with Gasteiger partial charge in [0.25, 0.3) is 0 Å². The zero-order valence-corrected chi connectivity index (χ0v) is 12.2. The molecular formula is C14H29N3. The van der Waals surface area contributed by atoms with Crippen molar-refractivity contribution >= 4 is 0 Å². The third-order valence-corrected chi connectivity index (χ3v) is 3.27. The number of nitrogens with one attached hydrogen (secondary N) is 1. The van der Waals surface area contributed by atoms with Crippen LogP contribution in [0.5, 0.6) is 0 Å². The normalized spacial score (nSPS) is 13.4. The zero-order valence-electron chi connectivity index (χ0n) is 12.2. The number of nitrogens with zero attached hydrogens (tertiary/aromatic N) is 2. The molecule has 0 bridgehead atoms. The molecule has 0 aromatic heterocycles. The van der Waals surface area contributed by atoms with Crippen LogP contribution in [0.25, 0.3) is 0 Å². The van der Waals surface area contributed by atoms with Crippen molar-refractivity contribution < 1.29 is 0 Å². The van der Waals surface area contributed by atoms with Gasteiger partial charge in [0, 0.05) is 19.1 Å². The van der Waals surface area contributed by atoms with Gasteiger partial charge in [-0.2, -0.15) is 5.26 Å². The van der Waals surface area contributed by atoms with E-state index in [1.165, 1.54) is 12.8 Å². The quantitative estimate of drug-likeness (QED) is 0.672. The molecule has 0 amide bonds. The standard InChI is InChI=1S/C14H29N3/c1-6-14(7-2)17(11-12(3)4)9-8-13(10-15)16-5/h12-14,16H,6-9,11H2,1-5H3. The molecule has 0 aromatic carbocycles. The Hall–Kier alpha value is -0.590. The van der Waals surface area contributed by atoms with Gasteiger partial charge < -0.3 is 10.2 Å². The van der Waals surface area contributed by atoms with Crippen molar-refractivity contribution in [1.29, 1.82) is 5.26 Å². The van der Waals surface area contributed by atoms with Crippen molar-refractivity contribution in [3.8, 4) is 6.07 Å². The molecular weight excluding hydrogens is 210 g/mol. The summed E-state index contributed by atoms with van der Waals surface area (Å²) in [6, 6.07) is 2.94. The highest BCUT2D eigenvalue weighted by Gasteiger charge is 2.17. The lowest BCUT2D eigenvalue weighted by Gasteiger charge is -2.32. The molecule has 0 radical (unpaired) electrons. The summed E-state index contributed by atoms with van der Waals surface area (Å²) < 4.78 is 0. The minimum absolute atomic E-state index is 0.0148. The molecule has 0 heterocycles. The van der Waals surface area contributed by atoms with E-state index in [4.69, 9.17) is 5.26 Å². The van der Waals surface area contributed by atoms with Crippen LogP contribution in [0.3, 0.4) is 0 Å². The minimum Gasteiger partial charge on any atom is -0.305 e. The second-order valence-electron chi connectivity index (χ2n) is 5.12. The van der Waals surface area contributed by atoms with Crippen LogP contribution in [0.2, 0.25) is 0 Å². The minimum atomic E-state index is -0.0148. The van der Waals surface area contributed by atoms with Gasteiger partial charge in [-0.1, -0.05) is 27.7 Å². The maximum Gasteiger partial charge on any atom is 0.0962 e. The van der Waals surface area contributed by atoms with Gasteiger partial charge >= 0.3 is 0 Å². The average Bonchev–Trinajstić information content (AvgIpc) is 2.30. The highest BCUT2D eigenvalue weighted by atomic mass is 15.2. The molecule has 0 spiro atoms. The molecule has 0 aliphatic rings. The summed E-state index contributed by atoms with van der Waals surface area (Å²) in [6.07, 6.45) is 3.30. The summed E-state index contributed by atoms with van der Waals surface area (Å²) in [6.45, 7) is 11.2. The van der Waals surface area contributed by atoms with E-state index >= 15 is 0 Å². The smallest absolute Gasteiger partial charge is 0.0962 e. The Morgan fingerprint density at radius 3 is 2.18 bits per heavy atom. The predicted octanol–water partition coefficient (Wildman–Crippen LogP) is 2.63. The molecule has 0 saturated heterocycles. The van der Waals surface area contributed by atoms with Crippen LogP contribution in [0.4, 0.5) is 0 Å². The highest BCUT2D eigenvalue weighted by Crippen LogP contribution is 2.12. The summed E-state index contributed by atoms with van der Waals surface area (Å²) in [5.74, 6) is 0.686. The lowest BCUT2D eigenvalue weighted by Crippen LogP contribution is -2.40.